The van der Waals surface area contributed by atoms with E-state index < -0.39 is 17.8 Å². The van der Waals surface area contributed by atoms with Crippen LogP contribution < -0.4 is 5.32 Å². The van der Waals surface area contributed by atoms with Crippen LogP contribution >= 0.6 is 27.5 Å². The lowest BCUT2D eigenvalue weighted by molar-refractivity contribution is -0.146. The van der Waals surface area contributed by atoms with Gasteiger partial charge in [-0.3, -0.25) is 9.59 Å². The maximum absolute atomic E-state index is 12.5. The zero-order chi connectivity index (χ0) is 15.1. The predicted octanol–water partition coefficient (Wildman–Crippen LogP) is 3.56. The SMILES string of the molecule is O=C(O)C1C2C=CC(C2)C1C(=O)Nc1cc(Cl)ccc1Br. The van der Waals surface area contributed by atoms with E-state index in [-0.39, 0.29) is 17.7 Å². The van der Waals surface area contributed by atoms with Crippen LogP contribution in [0.2, 0.25) is 5.02 Å². The first kappa shape index (κ1) is 14.6. The van der Waals surface area contributed by atoms with Crippen LogP contribution in [0.1, 0.15) is 6.42 Å². The Balaban J connectivity index is 1.83. The molecule has 0 heterocycles. The van der Waals surface area contributed by atoms with Crippen molar-refractivity contribution >= 4 is 45.1 Å². The summed E-state index contributed by atoms with van der Waals surface area (Å²) in [5.74, 6) is -2.36. The summed E-state index contributed by atoms with van der Waals surface area (Å²) in [5, 5.41) is 12.7. The lowest BCUT2D eigenvalue weighted by Gasteiger charge is -2.24. The van der Waals surface area contributed by atoms with Gasteiger partial charge in [0.15, 0.2) is 0 Å². The van der Waals surface area contributed by atoms with Crippen LogP contribution in [0.5, 0.6) is 0 Å². The van der Waals surface area contributed by atoms with Crippen LogP contribution in [0, 0.1) is 23.7 Å². The molecule has 0 saturated heterocycles. The summed E-state index contributed by atoms with van der Waals surface area (Å²) in [5.41, 5.74) is 0.559. The van der Waals surface area contributed by atoms with Crippen molar-refractivity contribution in [1.29, 1.82) is 0 Å². The Kier molecular flexibility index (Phi) is 3.80. The Morgan fingerprint density at radius 3 is 2.57 bits per heavy atom. The molecule has 2 aliphatic carbocycles. The molecule has 2 aliphatic rings. The molecule has 4 atom stereocenters. The summed E-state index contributed by atoms with van der Waals surface area (Å²) in [4.78, 5) is 23.9. The fourth-order valence-corrected chi connectivity index (χ4v) is 3.84. The minimum Gasteiger partial charge on any atom is -0.481 e. The second-order valence-corrected chi connectivity index (χ2v) is 6.74. The third-order valence-corrected chi connectivity index (χ3v) is 5.16. The molecule has 21 heavy (non-hydrogen) atoms. The topological polar surface area (TPSA) is 66.4 Å². The van der Waals surface area contributed by atoms with Crippen LogP contribution in [0.15, 0.2) is 34.8 Å². The maximum atomic E-state index is 12.5. The second kappa shape index (κ2) is 5.46. The molecular weight excluding hydrogens is 358 g/mol. The van der Waals surface area contributed by atoms with E-state index in [1.807, 2.05) is 12.2 Å². The summed E-state index contributed by atoms with van der Waals surface area (Å²) in [6.45, 7) is 0. The molecule has 4 unspecified atom stereocenters. The molecule has 0 spiro atoms. The summed E-state index contributed by atoms with van der Waals surface area (Å²) < 4.78 is 0.714. The van der Waals surface area contributed by atoms with E-state index in [1.54, 1.807) is 18.2 Å². The van der Waals surface area contributed by atoms with E-state index in [0.29, 0.717) is 15.2 Å². The zero-order valence-electron chi connectivity index (χ0n) is 10.9. The Labute approximate surface area is 135 Å². The Morgan fingerprint density at radius 1 is 1.24 bits per heavy atom. The smallest absolute Gasteiger partial charge is 0.307 e. The van der Waals surface area contributed by atoms with E-state index in [4.69, 9.17) is 11.6 Å². The molecule has 2 N–H and O–H groups in total. The van der Waals surface area contributed by atoms with Crippen LogP contribution in [0.3, 0.4) is 0 Å². The molecule has 1 saturated carbocycles. The number of halogens is 2. The van der Waals surface area contributed by atoms with E-state index in [0.717, 1.165) is 6.42 Å². The molecule has 3 rings (SSSR count). The van der Waals surface area contributed by atoms with Crippen molar-refractivity contribution in [2.24, 2.45) is 23.7 Å². The molecule has 1 aromatic rings. The minimum absolute atomic E-state index is 0.00839. The van der Waals surface area contributed by atoms with Crippen LogP contribution in [-0.2, 0) is 9.59 Å². The number of amides is 1. The lowest BCUT2D eigenvalue weighted by atomic mass is 9.82. The Bertz CT molecular complexity index is 646. The summed E-state index contributed by atoms with van der Waals surface area (Å²) in [7, 11) is 0. The number of fused-ring (bicyclic) bond motifs is 2. The van der Waals surface area contributed by atoms with Gasteiger partial charge in [-0.15, -0.1) is 0 Å². The third kappa shape index (κ3) is 2.60. The van der Waals surface area contributed by atoms with E-state index in [1.165, 1.54) is 0 Å². The number of benzene rings is 1. The van der Waals surface area contributed by atoms with Crippen molar-refractivity contribution in [3.8, 4) is 0 Å². The van der Waals surface area contributed by atoms with Crippen LogP contribution in [0.4, 0.5) is 5.69 Å². The van der Waals surface area contributed by atoms with Gasteiger partial charge in [-0.2, -0.15) is 0 Å². The number of aliphatic carboxylic acids is 1. The third-order valence-electron chi connectivity index (χ3n) is 4.23. The molecule has 1 amide bonds. The highest BCUT2D eigenvalue weighted by atomic mass is 79.9. The van der Waals surface area contributed by atoms with Gasteiger partial charge in [-0.25, -0.2) is 0 Å². The highest BCUT2D eigenvalue weighted by Crippen LogP contribution is 2.48. The molecule has 0 aromatic heterocycles. The quantitative estimate of drug-likeness (QED) is 0.800. The normalized spacial score (nSPS) is 29.6. The van der Waals surface area contributed by atoms with Crippen molar-refractivity contribution in [2.45, 2.75) is 6.42 Å². The predicted molar refractivity (Wildman–Crippen MR) is 83.1 cm³/mol. The van der Waals surface area contributed by atoms with Gasteiger partial charge < -0.3 is 10.4 Å². The van der Waals surface area contributed by atoms with Gasteiger partial charge in [0.05, 0.1) is 17.5 Å². The number of hydrogen-bond donors (Lipinski definition) is 2. The van der Waals surface area contributed by atoms with Gasteiger partial charge in [0, 0.05) is 9.50 Å². The first-order chi connectivity index (χ1) is 9.97. The van der Waals surface area contributed by atoms with Crippen molar-refractivity contribution < 1.29 is 14.7 Å². The van der Waals surface area contributed by atoms with E-state index in [9.17, 15) is 14.7 Å². The highest BCUT2D eigenvalue weighted by Gasteiger charge is 2.51. The number of rotatable bonds is 3. The van der Waals surface area contributed by atoms with E-state index >= 15 is 0 Å². The molecule has 0 radical (unpaired) electrons. The van der Waals surface area contributed by atoms with Crippen LogP contribution in [0.25, 0.3) is 0 Å². The van der Waals surface area contributed by atoms with Crippen molar-refractivity contribution in [3.05, 3.63) is 39.8 Å². The van der Waals surface area contributed by atoms with Gasteiger partial charge in [0.25, 0.3) is 0 Å². The number of carboxylic acid groups (broad SMARTS) is 1. The molecule has 1 fully saturated rings. The number of carboxylic acids is 1. The summed E-state index contributed by atoms with van der Waals surface area (Å²) >= 11 is 9.27. The lowest BCUT2D eigenvalue weighted by Crippen LogP contribution is -2.36. The average Bonchev–Trinajstić information content (AvgIpc) is 3.03. The first-order valence-electron chi connectivity index (χ1n) is 6.64. The number of nitrogens with one attached hydrogen (secondary N) is 1. The number of allylic oxidation sites excluding steroid dienone is 2. The monoisotopic (exact) mass is 369 g/mol. The average molecular weight is 371 g/mol. The number of carbonyl (C=O) groups is 2. The number of hydrogen-bond acceptors (Lipinski definition) is 2. The van der Waals surface area contributed by atoms with Crippen molar-refractivity contribution in [1.82, 2.24) is 0 Å². The molecule has 110 valence electrons. The Hall–Kier alpha value is -1.33. The standard InChI is InChI=1S/C15H13BrClNO3/c16-10-4-3-9(17)6-11(10)18-14(19)12-7-1-2-8(5-7)13(12)15(20)21/h1-4,6-8,12-13H,5H2,(H,18,19)(H,20,21). The molecule has 4 nitrogen and oxygen atoms in total. The van der Waals surface area contributed by atoms with Crippen LogP contribution in [-0.4, -0.2) is 17.0 Å². The van der Waals surface area contributed by atoms with Crippen molar-refractivity contribution in [3.63, 3.8) is 0 Å². The highest BCUT2D eigenvalue weighted by molar-refractivity contribution is 9.10. The number of anilines is 1. The van der Waals surface area contributed by atoms with Crippen molar-refractivity contribution in [2.75, 3.05) is 5.32 Å². The van der Waals surface area contributed by atoms with E-state index in [2.05, 4.69) is 21.2 Å². The number of carbonyl (C=O) groups excluding carboxylic acids is 1. The van der Waals surface area contributed by atoms with Gasteiger partial charge >= 0.3 is 5.97 Å². The zero-order valence-corrected chi connectivity index (χ0v) is 13.3. The van der Waals surface area contributed by atoms with Gasteiger partial charge in [0.1, 0.15) is 0 Å². The molecule has 1 aromatic carbocycles. The fourth-order valence-electron chi connectivity index (χ4n) is 3.33. The second-order valence-electron chi connectivity index (χ2n) is 5.45. The molecular formula is C15H13BrClNO3. The summed E-state index contributed by atoms with van der Waals surface area (Å²) in [6, 6.07) is 5.09. The molecule has 0 aliphatic heterocycles. The van der Waals surface area contributed by atoms with Gasteiger partial charge in [-0.05, 0) is 52.4 Å². The minimum atomic E-state index is -0.905. The Morgan fingerprint density at radius 2 is 1.90 bits per heavy atom. The maximum Gasteiger partial charge on any atom is 0.307 e. The molecule has 2 bridgehead atoms. The molecule has 6 heteroatoms. The van der Waals surface area contributed by atoms with Gasteiger partial charge in [0.2, 0.25) is 5.91 Å². The van der Waals surface area contributed by atoms with Gasteiger partial charge in [-0.1, -0.05) is 23.8 Å². The largest absolute Gasteiger partial charge is 0.481 e. The summed E-state index contributed by atoms with van der Waals surface area (Å²) in [6.07, 6.45) is 4.62. The first-order valence-corrected chi connectivity index (χ1v) is 7.81. The fraction of sp³-hybridized carbons (Fsp3) is 0.333.